The molecule has 1 spiro atoms. The van der Waals surface area contributed by atoms with Crippen molar-refractivity contribution in [1.82, 2.24) is 4.90 Å². The average molecular weight is 258 g/mol. The monoisotopic (exact) mass is 258 g/mol. The van der Waals surface area contributed by atoms with Crippen LogP contribution in [0.3, 0.4) is 0 Å². The van der Waals surface area contributed by atoms with Crippen molar-refractivity contribution in [2.45, 2.75) is 24.7 Å². The zero-order valence-corrected chi connectivity index (χ0v) is 10.4. The first-order valence-electron chi connectivity index (χ1n) is 6.26. The van der Waals surface area contributed by atoms with Gasteiger partial charge in [0.25, 0.3) is 0 Å². The van der Waals surface area contributed by atoms with Crippen LogP contribution in [0.1, 0.15) is 24.0 Å². The Morgan fingerprint density at radius 2 is 2.05 bits per heavy atom. The molecule has 2 aliphatic rings. The lowest BCUT2D eigenvalue weighted by Crippen LogP contribution is -2.41. The van der Waals surface area contributed by atoms with Crippen molar-refractivity contribution in [2.75, 3.05) is 6.54 Å². The summed E-state index contributed by atoms with van der Waals surface area (Å²) in [5.74, 6) is -1.24. The highest BCUT2D eigenvalue weighted by Crippen LogP contribution is 2.46. The third-order valence-corrected chi connectivity index (χ3v) is 4.08. The first kappa shape index (κ1) is 11.9. The zero-order chi connectivity index (χ0) is 13.6. The van der Waals surface area contributed by atoms with Gasteiger partial charge in [-0.25, -0.2) is 0 Å². The Kier molecular flexibility index (Phi) is 2.45. The maximum atomic E-state index is 12.5. The number of nitrogens with zero attached hydrogens (tertiary/aromatic N) is 1. The van der Waals surface area contributed by atoms with E-state index in [-0.39, 0.29) is 24.8 Å². The van der Waals surface area contributed by atoms with Crippen molar-refractivity contribution < 1.29 is 14.4 Å². The molecule has 3 rings (SSSR count). The molecule has 1 aromatic carbocycles. The predicted octanol–water partition coefficient (Wildman–Crippen LogP) is 0.115. The minimum Gasteiger partial charge on any atom is -0.368 e. The van der Waals surface area contributed by atoms with E-state index in [4.69, 9.17) is 5.73 Å². The summed E-state index contributed by atoms with van der Waals surface area (Å²) in [5.41, 5.74) is 6.38. The molecule has 5 nitrogen and oxygen atoms in total. The number of primary amides is 1. The van der Waals surface area contributed by atoms with Crippen molar-refractivity contribution in [3.8, 4) is 0 Å². The summed E-state index contributed by atoms with van der Waals surface area (Å²) < 4.78 is 0. The predicted molar refractivity (Wildman–Crippen MR) is 67.0 cm³/mol. The fraction of sp³-hybridized carbons (Fsp3) is 0.357. The molecule has 1 saturated heterocycles. The maximum Gasteiger partial charge on any atom is 0.240 e. The molecule has 0 saturated carbocycles. The van der Waals surface area contributed by atoms with E-state index in [0.29, 0.717) is 6.42 Å². The molecule has 0 unspecified atom stereocenters. The summed E-state index contributed by atoms with van der Waals surface area (Å²) in [4.78, 5) is 36.5. The SMILES string of the molecule is NC(=O)CN1C(=O)C[C@]2(CCc3ccccc32)C1=O. The summed E-state index contributed by atoms with van der Waals surface area (Å²) in [6.45, 7) is -0.318. The highest BCUT2D eigenvalue weighted by Gasteiger charge is 2.55. The first-order valence-corrected chi connectivity index (χ1v) is 6.26. The van der Waals surface area contributed by atoms with Crippen LogP contribution in [-0.4, -0.2) is 29.2 Å². The molecular formula is C14H14N2O3. The van der Waals surface area contributed by atoms with E-state index in [0.717, 1.165) is 22.4 Å². The number of imide groups is 1. The second kappa shape index (κ2) is 3.91. The lowest BCUT2D eigenvalue weighted by molar-refractivity contribution is -0.143. The molecule has 5 heteroatoms. The quantitative estimate of drug-likeness (QED) is 0.765. The molecule has 1 aromatic rings. The Hall–Kier alpha value is -2.17. The largest absolute Gasteiger partial charge is 0.368 e. The molecule has 0 radical (unpaired) electrons. The minimum atomic E-state index is -0.761. The number of benzene rings is 1. The van der Waals surface area contributed by atoms with E-state index in [1.807, 2.05) is 24.3 Å². The topological polar surface area (TPSA) is 80.5 Å². The fourth-order valence-corrected chi connectivity index (χ4v) is 3.21. The van der Waals surface area contributed by atoms with Crippen LogP contribution in [0.4, 0.5) is 0 Å². The summed E-state index contributed by atoms with van der Waals surface area (Å²) in [7, 11) is 0. The standard InChI is InChI=1S/C14H14N2O3/c15-11(17)8-16-12(18)7-14(13(16)19)6-5-9-3-1-2-4-10(9)14/h1-4H,5-8H2,(H2,15,17)/t14-/m0/s1. The van der Waals surface area contributed by atoms with Gasteiger partial charge in [0.1, 0.15) is 6.54 Å². The molecule has 1 heterocycles. The van der Waals surface area contributed by atoms with Gasteiger partial charge in [-0.15, -0.1) is 0 Å². The number of likely N-dealkylation sites (tertiary alicyclic amines) is 1. The van der Waals surface area contributed by atoms with E-state index in [1.165, 1.54) is 0 Å². The molecule has 1 aliphatic heterocycles. The molecule has 0 bridgehead atoms. The van der Waals surface area contributed by atoms with Gasteiger partial charge in [0.05, 0.1) is 5.41 Å². The highest BCUT2D eigenvalue weighted by molar-refractivity contribution is 6.11. The van der Waals surface area contributed by atoms with Gasteiger partial charge in [-0.2, -0.15) is 0 Å². The van der Waals surface area contributed by atoms with Gasteiger partial charge in [-0.05, 0) is 24.0 Å². The Balaban J connectivity index is 2.02. The normalized spacial score (nSPS) is 25.2. The molecule has 1 atom stereocenters. The summed E-state index contributed by atoms with van der Waals surface area (Å²) >= 11 is 0. The van der Waals surface area contributed by atoms with Crippen LogP contribution < -0.4 is 5.73 Å². The van der Waals surface area contributed by atoms with Crippen LogP contribution in [0.25, 0.3) is 0 Å². The Bertz CT molecular complexity index is 596. The highest BCUT2D eigenvalue weighted by atomic mass is 16.2. The van der Waals surface area contributed by atoms with Crippen molar-refractivity contribution in [1.29, 1.82) is 0 Å². The van der Waals surface area contributed by atoms with Gasteiger partial charge >= 0.3 is 0 Å². The lowest BCUT2D eigenvalue weighted by Gasteiger charge is -2.22. The van der Waals surface area contributed by atoms with Crippen LogP contribution >= 0.6 is 0 Å². The molecular weight excluding hydrogens is 244 g/mol. The zero-order valence-electron chi connectivity index (χ0n) is 10.4. The van der Waals surface area contributed by atoms with Crippen LogP contribution in [0.5, 0.6) is 0 Å². The van der Waals surface area contributed by atoms with Crippen molar-refractivity contribution in [3.05, 3.63) is 35.4 Å². The van der Waals surface area contributed by atoms with Gasteiger partial charge in [0.2, 0.25) is 17.7 Å². The van der Waals surface area contributed by atoms with Crippen LogP contribution in [0, 0.1) is 0 Å². The van der Waals surface area contributed by atoms with Gasteiger partial charge in [0, 0.05) is 6.42 Å². The number of carbonyl (C=O) groups is 3. The molecule has 2 N–H and O–H groups in total. The van der Waals surface area contributed by atoms with E-state index < -0.39 is 11.3 Å². The maximum absolute atomic E-state index is 12.5. The van der Waals surface area contributed by atoms with Crippen LogP contribution in [-0.2, 0) is 26.2 Å². The number of aryl methyl sites for hydroxylation is 1. The molecule has 3 amide bonds. The third kappa shape index (κ3) is 1.58. The summed E-state index contributed by atoms with van der Waals surface area (Å²) in [5, 5.41) is 0. The van der Waals surface area contributed by atoms with Gasteiger partial charge in [0.15, 0.2) is 0 Å². The van der Waals surface area contributed by atoms with Crippen molar-refractivity contribution in [3.63, 3.8) is 0 Å². The Labute approximate surface area is 110 Å². The van der Waals surface area contributed by atoms with Crippen molar-refractivity contribution in [2.24, 2.45) is 5.73 Å². The average Bonchev–Trinajstić information content (AvgIpc) is 2.85. The number of carbonyl (C=O) groups excluding carboxylic acids is 3. The van der Waals surface area contributed by atoms with Gasteiger partial charge in [-0.1, -0.05) is 24.3 Å². The fourth-order valence-electron chi connectivity index (χ4n) is 3.21. The number of hydrogen-bond acceptors (Lipinski definition) is 3. The molecule has 0 aromatic heterocycles. The molecule has 1 fully saturated rings. The number of amides is 3. The minimum absolute atomic E-state index is 0.149. The smallest absolute Gasteiger partial charge is 0.240 e. The second-order valence-corrected chi connectivity index (χ2v) is 5.17. The number of hydrogen-bond donors (Lipinski definition) is 1. The lowest BCUT2D eigenvalue weighted by atomic mass is 9.80. The Morgan fingerprint density at radius 1 is 1.32 bits per heavy atom. The molecule has 1 aliphatic carbocycles. The van der Waals surface area contributed by atoms with E-state index in [1.54, 1.807) is 0 Å². The van der Waals surface area contributed by atoms with E-state index in [9.17, 15) is 14.4 Å². The molecule has 98 valence electrons. The third-order valence-electron chi connectivity index (χ3n) is 4.08. The molecule has 19 heavy (non-hydrogen) atoms. The summed E-state index contributed by atoms with van der Waals surface area (Å²) in [6, 6.07) is 7.69. The summed E-state index contributed by atoms with van der Waals surface area (Å²) in [6.07, 6.45) is 1.57. The second-order valence-electron chi connectivity index (χ2n) is 5.17. The van der Waals surface area contributed by atoms with E-state index >= 15 is 0 Å². The van der Waals surface area contributed by atoms with Crippen LogP contribution in [0.15, 0.2) is 24.3 Å². The van der Waals surface area contributed by atoms with Crippen molar-refractivity contribution >= 4 is 17.7 Å². The van der Waals surface area contributed by atoms with Gasteiger partial charge < -0.3 is 5.73 Å². The first-order chi connectivity index (χ1) is 9.04. The number of nitrogens with two attached hydrogens (primary N) is 1. The van der Waals surface area contributed by atoms with E-state index in [2.05, 4.69) is 0 Å². The van der Waals surface area contributed by atoms with Gasteiger partial charge in [-0.3, -0.25) is 19.3 Å². The van der Waals surface area contributed by atoms with Crippen LogP contribution in [0.2, 0.25) is 0 Å². The Morgan fingerprint density at radius 3 is 2.79 bits per heavy atom. The number of rotatable bonds is 2. The number of fused-ring (bicyclic) bond motifs is 2.